The molecule has 0 saturated carbocycles. The quantitative estimate of drug-likeness (QED) is 0.713. The topological polar surface area (TPSA) is 51.2 Å². The van der Waals surface area contributed by atoms with Crippen LogP contribution in [-0.4, -0.2) is 35.3 Å². The Bertz CT molecular complexity index is 976. The first-order valence-electron chi connectivity index (χ1n) is 9.52. The molecule has 5 heterocycles. The average molecular weight is 350 g/mol. The molecule has 2 bridgehead atoms. The molecular formula is C20H26N6. The average Bonchev–Trinajstić information content (AvgIpc) is 3.26. The number of fused-ring (bicyclic) bond motifs is 6. The van der Waals surface area contributed by atoms with E-state index < -0.39 is 0 Å². The number of aryl methyl sites for hydroxylation is 1. The van der Waals surface area contributed by atoms with Crippen molar-refractivity contribution in [1.82, 2.24) is 29.3 Å². The van der Waals surface area contributed by atoms with Gasteiger partial charge in [-0.1, -0.05) is 20.8 Å². The summed E-state index contributed by atoms with van der Waals surface area (Å²) >= 11 is 0. The Morgan fingerprint density at radius 3 is 2.81 bits per heavy atom. The minimum absolute atomic E-state index is 0.0415. The third-order valence-corrected chi connectivity index (χ3v) is 6.08. The van der Waals surface area contributed by atoms with Crippen LogP contribution in [0, 0.1) is 0 Å². The van der Waals surface area contributed by atoms with Gasteiger partial charge in [-0.05, 0) is 18.9 Å². The van der Waals surface area contributed by atoms with Gasteiger partial charge in [0.05, 0.1) is 17.1 Å². The van der Waals surface area contributed by atoms with Crippen LogP contribution in [0.25, 0.3) is 5.65 Å². The van der Waals surface area contributed by atoms with Crippen LogP contribution in [0.4, 0.5) is 0 Å². The molecule has 0 aliphatic carbocycles. The van der Waals surface area contributed by atoms with Gasteiger partial charge in [-0.2, -0.15) is 10.2 Å². The fourth-order valence-corrected chi connectivity index (χ4v) is 4.54. The normalized spacial score (nSPS) is 22.9. The zero-order valence-electron chi connectivity index (χ0n) is 16.0. The Kier molecular flexibility index (Phi) is 3.32. The summed E-state index contributed by atoms with van der Waals surface area (Å²) in [6, 6.07) is 5.29. The number of hydrogen-bond donors (Lipinski definition) is 0. The minimum atomic E-state index is 0.0415. The first-order chi connectivity index (χ1) is 12.4. The molecular weight excluding hydrogens is 324 g/mol. The lowest BCUT2D eigenvalue weighted by Gasteiger charge is -2.36. The van der Waals surface area contributed by atoms with E-state index in [1.54, 1.807) is 0 Å². The lowest BCUT2D eigenvalue weighted by molar-refractivity contribution is 0.161. The van der Waals surface area contributed by atoms with Crippen molar-refractivity contribution in [3.63, 3.8) is 0 Å². The van der Waals surface area contributed by atoms with Crippen LogP contribution in [-0.2, 0) is 25.4 Å². The smallest absolute Gasteiger partial charge is 0.155 e. The van der Waals surface area contributed by atoms with Crippen molar-refractivity contribution < 1.29 is 0 Å². The first-order valence-corrected chi connectivity index (χ1v) is 9.52. The van der Waals surface area contributed by atoms with Crippen LogP contribution in [0.1, 0.15) is 62.3 Å². The van der Waals surface area contributed by atoms with E-state index in [9.17, 15) is 0 Å². The summed E-state index contributed by atoms with van der Waals surface area (Å²) in [6.07, 6.45) is 7.48. The van der Waals surface area contributed by atoms with Crippen molar-refractivity contribution in [2.75, 3.05) is 0 Å². The molecule has 6 nitrogen and oxygen atoms in total. The molecule has 136 valence electrons. The van der Waals surface area contributed by atoms with Crippen molar-refractivity contribution in [2.45, 2.75) is 64.1 Å². The lowest BCUT2D eigenvalue weighted by atomic mass is 9.93. The highest BCUT2D eigenvalue weighted by atomic mass is 15.3. The summed E-state index contributed by atoms with van der Waals surface area (Å²) in [5.74, 6) is 0. The molecule has 0 aromatic carbocycles. The molecule has 2 atom stereocenters. The van der Waals surface area contributed by atoms with E-state index >= 15 is 0 Å². The molecule has 2 aliphatic rings. The highest BCUT2D eigenvalue weighted by Crippen LogP contribution is 2.44. The third kappa shape index (κ3) is 2.31. The largest absolute Gasteiger partial charge is 0.287 e. The second-order valence-electron chi connectivity index (χ2n) is 8.78. The third-order valence-electron chi connectivity index (χ3n) is 6.08. The standard InChI is InChI=1S/C20H26N6/c1-20(2,3)18-10-19-21-11-15-16-6-5-13(9-17(15)26(19)23-18)25(16)12-14-7-8-22-24(14)4/h7-8,10-11,13,16H,5-6,9,12H2,1-4H3. The summed E-state index contributed by atoms with van der Waals surface area (Å²) in [5, 5.41) is 9.26. The maximum Gasteiger partial charge on any atom is 0.155 e. The molecule has 6 heteroatoms. The van der Waals surface area contributed by atoms with Crippen molar-refractivity contribution in [2.24, 2.45) is 7.05 Å². The van der Waals surface area contributed by atoms with Crippen LogP contribution < -0.4 is 0 Å². The molecule has 0 N–H and O–H groups in total. The van der Waals surface area contributed by atoms with Crippen LogP contribution in [0.5, 0.6) is 0 Å². The summed E-state index contributed by atoms with van der Waals surface area (Å²) in [5.41, 5.74) is 6.13. The van der Waals surface area contributed by atoms with Crippen molar-refractivity contribution >= 4 is 5.65 Å². The highest BCUT2D eigenvalue weighted by Gasteiger charge is 2.41. The molecule has 26 heavy (non-hydrogen) atoms. The van der Waals surface area contributed by atoms with Gasteiger partial charge in [0, 0.05) is 61.5 Å². The van der Waals surface area contributed by atoms with Crippen molar-refractivity contribution in [3.05, 3.63) is 47.2 Å². The molecule has 3 aromatic rings. The molecule has 3 aromatic heterocycles. The molecule has 5 rings (SSSR count). The monoisotopic (exact) mass is 350 g/mol. The van der Waals surface area contributed by atoms with E-state index in [0.29, 0.717) is 12.1 Å². The molecule has 1 fully saturated rings. The second-order valence-corrected chi connectivity index (χ2v) is 8.78. The number of aromatic nitrogens is 5. The second kappa shape index (κ2) is 5.39. The SMILES string of the molecule is Cn1nccc1CN1C2CCC1c1cnc3cc(C(C)(C)C)nn3c1C2. The predicted octanol–water partition coefficient (Wildman–Crippen LogP) is 3.02. The van der Waals surface area contributed by atoms with Crippen molar-refractivity contribution in [3.8, 4) is 0 Å². The molecule has 1 saturated heterocycles. The summed E-state index contributed by atoms with van der Waals surface area (Å²) in [4.78, 5) is 7.39. The number of hydrogen-bond acceptors (Lipinski definition) is 4. The molecule has 2 aliphatic heterocycles. The van der Waals surface area contributed by atoms with Crippen LogP contribution in [0.15, 0.2) is 24.5 Å². The molecule has 2 unspecified atom stereocenters. The van der Waals surface area contributed by atoms with E-state index in [2.05, 4.69) is 53.6 Å². The minimum Gasteiger partial charge on any atom is -0.287 e. The van der Waals surface area contributed by atoms with E-state index in [1.165, 1.54) is 29.8 Å². The zero-order chi connectivity index (χ0) is 18.1. The van der Waals surface area contributed by atoms with Gasteiger partial charge in [0.15, 0.2) is 5.65 Å². The fraction of sp³-hybridized carbons (Fsp3) is 0.550. The Hall–Kier alpha value is -2.21. The van der Waals surface area contributed by atoms with E-state index in [0.717, 1.165) is 24.3 Å². The molecule has 0 radical (unpaired) electrons. The zero-order valence-corrected chi connectivity index (χ0v) is 16.0. The maximum atomic E-state index is 4.93. The predicted molar refractivity (Wildman–Crippen MR) is 99.9 cm³/mol. The Morgan fingerprint density at radius 2 is 2.08 bits per heavy atom. The van der Waals surface area contributed by atoms with Crippen LogP contribution in [0.2, 0.25) is 0 Å². The van der Waals surface area contributed by atoms with E-state index in [-0.39, 0.29) is 5.41 Å². The van der Waals surface area contributed by atoms with E-state index in [4.69, 9.17) is 10.1 Å². The first kappa shape index (κ1) is 16.0. The molecule has 0 amide bonds. The van der Waals surface area contributed by atoms with Gasteiger partial charge in [0.2, 0.25) is 0 Å². The highest BCUT2D eigenvalue weighted by molar-refractivity contribution is 5.45. The van der Waals surface area contributed by atoms with Gasteiger partial charge >= 0.3 is 0 Å². The van der Waals surface area contributed by atoms with Gasteiger partial charge in [-0.25, -0.2) is 9.50 Å². The maximum absolute atomic E-state index is 4.93. The Morgan fingerprint density at radius 1 is 1.23 bits per heavy atom. The summed E-state index contributed by atoms with van der Waals surface area (Å²) in [7, 11) is 2.03. The molecule has 0 spiro atoms. The van der Waals surface area contributed by atoms with Gasteiger partial charge in [-0.15, -0.1) is 0 Å². The van der Waals surface area contributed by atoms with Crippen molar-refractivity contribution in [1.29, 1.82) is 0 Å². The van der Waals surface area contributed by atoms with Crippen LogP contribution in [0.3, 0.4) is 0 Å². The van der Waals surface area contributed by atoms with Gasteiger partial charge in [0.1, 0.15) is 0 Å². The van der Waals surface area contributed by atoms with Gasteiger partial charge in [-0.3, -0.25) is 9.58 Å². The van der Waals surface area contributed by atoms with E-state index in [1.807, 2.05) is 17.9 Å². The number of nitrogens with zero attached hydrogens (tertiary/aromatic N) is 6. The number of rotatable bonds is 2. The van der Waals surface area contributed by atoms with Gasteiger partial charge < -0.3 is 0 Å². The Labute approximate surface area is 153 Å². The summed E-state index contributed by atoms with van der Waals surface area (Å²) < 4.78 is 4.10. The van der Waals surface area contributed by atoms with Gasteiger partial charge in [0.25, 0.3) is 0 Å². The Balaban J connectivity index is 1.56. The fourth-order valence-electron chi connectivity index (χ4n) is 4.54. The lowest BCUT2D eigenvalue weighted by Crippen LogP contribution is -2.38. The summed E-state index contributed by atoms with van der Waals surface area (Å²) in [6.45, 7) is 7.58. The van der Waals surface area contributed by atoms with Crippen LogP contribution >= 0.6 is 0 Å².